The van der Waals surface area contributed by atoms with E-state index in [1.807, 2.05) is 60.7 Å². The zero-order valence-corrected chi connectivity index (χ0v) is 36.6. The van der Waals surface area contributed by atoms with Crippen LogP contribution in [0.15, 0.2) is 60.7 Å². The van der Waals surface area contributed by atoms with Crippen LogP contribution in [0.5, 0.6) is 0 Å². The fourth-order valence-electron chi connectivity index (χ4n) is 2.40. The minimum absolute atomic E-state index is 0. The summed E-state index contributed by atoms with van der Waals surface area (Å²) < 4.78 is 0. The van der Waals surface area contributed by atoms with Crippen LogP contribution in [0.25, 0.3) is 11.6 Å². The van der Waals surface area contributed by atoms with Crippen molar-refractivity contribution in [3.8, 4) is 11.6 Å². The molecule has 36 heteroatoms. The molecule has 0 spiro atoms. The molecular weight excluding hydrogens is 966 g/mol. The number of carbonyl (C=O) groups excluding carboxylic acids is 2. The second kappa shape index (κ2) is 55.2. The van der Waals surface area contributed by atoms with Crippen molar-refractivity contribution in [3.05, 3.63) is 122 Å². The zero-order chi connectivity index (χ0) is 50.2. The maximum absolute atomic E-state index is 9.43. The van der Waals surface area contributed by atoms with E-state index in [1.54, 1.807) is 28.2 Å². The number of nitrogens with one attached hydrogen (secondary N) is 2. The molecule has 0 fully saturated rings. The number of anilines is 6. The number of para-hydroxylation sites is 2. The van der Waals surface area contributed by atoms with Gasteiger partial charge in [-0.05, 0) is 24.3 Å². The van der Waals surface area contributed by atoms with E-state index in [0.717, 1.165) is 52.6 Å². The molecule has 4 rings (SSSR count). The molecule has 2 amide bonds. The molecule has 34 nitrogen and oxygen atoms in total. The van der Waals surface area contributed by atoms with Gasteiger partial charge in [0.1, 0.15) is 0 Å². The Hall–Kier alpha value is -7.77. The number of aliphatic hydroxyl groups is 4. The van der Waals surface area contributed by atoms with Crippen LogP contribution in [0.1, 0.15) is 0 Å². The van der Waals surface area contributed by atoms with Gasteiger partial charge in [-0.25, -0.2) is 0 Å². The third-order valence-electron chi connectivity index (χ3n) is 3.99. The molecule has 2 aromatic heterocycles. The molecule has 0 atom stereocenters. The molecule has 0 saturated heterocycles. The van der Waals surface area contributed by atoms with E-state index < -0.39 is 20.3 Å². The summed E-state index contributed by atoms with van der Waals surface area (Å²) in [7, 11) is 10.8. The number of aromatic nitrogens is 6. The molecule has 0 aliphatic carbocycles. The number of carbonyl (C=O) groups is 2. The first-order valence-electron chi connectivity index (χ1n) is 15.1. The van der Waals surface area contributed by atoms with Gasteiger partial charge in [-0.3, -0.25) is 9.59 Å². The second-order valence-electron chi connectivity index (χ2n) is 8.70. The average Bonchev–Trinajstić information content (AvgIpc) is 3.21. The maximum atomic E-state index is 9.43. The van der Waals surface area contributed by atoms with Crippen LogP contribution in [0, 0.1) is 61.3 Å². The Morgan fingerprint density at radius 1 is 0.469 bits per heavy atom. The number of hydrogen-bond donors (Lipinski definition) is 8. The van der Waals surface area contributed by atoms with Gasteiger partial charge in [0.25, 0.3) is 0 Å². The Morgan fingerprint density at radius 3 is 0.828 bits per heavy atom. The van der Waals surface area contributed by atoms with Crippen LogP contribution in [0.4, 0.5) is 35.2 Å². The number of nitrogen functional groups attached to an aromatic ring is 2. The normalized spacial score (nSPS) is 7.50. The number of hydrogen-bond acceptors (Lipinski definition) is 28. The molecule has 4 aromatic rings. The molecule has 0 saturated carbocycles. The van der Waals surface area contributed by atoms with Gasteiger partial charge in [0.15, 0.2) is 0 Å². The predicted octanol–water partition coefficient (Wildman–Crippen LogP) is -0.743. The molecule has 2 aromatic carbocycles. The summed E-state index contributed by atoms with van der Waals surface area (Å²) in [6.45, 7) is 0. The summed E-state index contributed by atoms with van der Waals surface area (Å²) in [5.74, 6) is 0.947. The average molecular weight is 1010 g/mol. The standard InChI is InChI=1S/C18H16N10.2C3H7NO.4CH4O.4NO3.2Ni/c19-15-23-13(25-17(27-15)21-11-7-3-1-4-8-11)14-24-16(20)28-18(26-14)22-12-9-5-2-6-10-12;2*1-4(2)3-5;4*1-2;4*2-1(3)4;;/h1-10H,(H3,19,21,23,25,27)(H3,20,22,24,26,28);2*3H,1-2H3;4*2H,1H3;;;;;;/q;;;;;;;4*-1;2*+2. The fourth-order valence-corrected chi connectivity index (χ4v) is 2.40. The van der Waals surface area contributed by atoms with Crippen LogP contribution in [0.2, 0.25) is 0 Å². The first-order valence-corrected chi connectivity index (χ1v) is 15.1. The third-order valence-corrected chi connectivity index (χ3v) is 3.99. The summed E-state index contributed by atoms with van der Waals surface area (Å²) in [4.78, 5) is 79.8. The van der Waals surface area contributed by atoms with E-state index in [-0.39, 0.29) is 68.4 Å². The first kappa shape index (κ1) is 76.9. The quantitative estimate of drug-likeness (QED) is 0.0489. The van der Waals surface area contributed by atoms with Crippen LogP contribution in [0.3, 0.4) is 0 Å². The number of rotatable bonds is 7. The summed E-state index contributed by atoms with van der Waals surface area (Å²) >= 11 is 0. The smallest absolute Gasteiger partial charge is 0.400 e. The second-order valence-corrected chi connectivity index (χ2v) is 8.70. The van der Waals surface area contributed by atoms with Gasteiger partial charge >= 0.3 is 33.0 Å². The zero-order valence-electron chi connectivity index (χ0n) is 34.6. The molecule has 0 bridgehead atoms. The van der Waals surface area contributed by atoms with Crippen LogP contribution in [-0.4, -0.2) is 150 Å². The molecule has 0 aliphatic rings. The Labute approximate surface area is 382 Å². The van der Waals surface area contributed by atoms with Crippen LogP contribution in [-0.2, 0) is 42.6 Å². The molecule has 0 radical (unpaired) electrons. The van der Waals surface area contributed by atoms with Crippen molar-refractivity contribution in [2.75, 3.05) is 78.7 Å². The summed E-state index contributed by atoms with van der Waals surface area (Å²) in [5, 5.41) is 93.1. The number of amides is 2. The van der Waals surface area contributed by atoms with E-state index in [0.29, 0.717) is 0 Å². The molecule has 10 N–H and O–H groups in total. The minimum atomic E-state index is -1.75. The number of nitrogens with two attached hydrogens (primary N) is 2. The number of benzene rings is 2. The van der Waals surface area contributed by atoms with Gasteiger partial charge in [-0.2, -0.15) is 29.9 Å². The third kappa shape index (κ3) is 66.1. The molecule has 0 aliphatic heterocycles. The van der Waals surface area contributed by atoms with Crippen molar-refractivity contribution >= 4 is 48.0 Å². The van der Waals surface area contributed by atoms with E-state index in [9.17, 15) is 9.59 Å². The summed E-state index contributed by atoms with van der Waals surface area (Å²) in [6.07, 6.45) is 1.50. The number of aliphatic hydroxyl groups excluding tert-OH is 4. The van der Waals surface area contributed by atoms with Crippen LogP contribution >= 0.6 is 0 Å². The molecule has 2 heterocycles. The van der Waals surface area contributed by atoms with Gasteiger partial charge in [-0.15, -0.1) is 0 Å². The SMILES string of the molecule is CN(C)C=O.CN(C)C=O.CO.CO.CO.CO.Nc1nc(Nc2ccccc2)nc(-c2nc(N)nc(Nc3ccccc3)n2)n1.O=[N+]([O-])[O-].O=[N+]([O-])[O-].O=[N+]([O-])[O-].O=[N+]([O-])[O-].[Ni+2].[Ni+2]. The Balaban J connectivity index is -0.0000000991. The molecule has 64 heavy (non-hydrogen) atoms. The molecule has 366 valence electrons. The van der Waals surface area contributed by atoms with E-state index in [1.165, 1.54) is 9.80 Å². The number of nitrogens with zero attached hydrogens (tertiary/aromatic N) is 12. The van der Waals surface area contributed by atoms with Gasteiger partial charge in [0.05, 0.1) is 20.3 Å². The van der Waals surface area contributed by atoms with Crippen molar-refractivity contribution < 1.29 is 83.3 Å². The Kier molecular flexibility index (Phi) is 66.3. The first-order chi connectivity index (χ1) is 29.1. The summed E-state index contributed by atoms with van der Waals surface area (Å²) in [5.41, 5.74) is 13.3. The van der Waals surface area contributed by atoms with Gasteiger partial charge in [-0.1, -0.05) is 36.4 Å². The topological polar surface area (TPSA) is 540 Å². The van der Waals surface area contributed by atoms with Crippen molar-refractivity contribution in [1.29, 1.82) is 0 Å². The molecular formula is C28H46N16Ni2O18. The maximum Gasteiger partial charge on any atom is 2.00 e. The Morgan fingerprint density at radius 2 is 0.656 bits per heavy atom. The molecule has 0 unspecified atom stereocenters. The fraction of sp³-hybridized carbons (Fsp3) is 0.286. The summed E-state index contributed by atoms with van der Waals surface area (Å²) in [6, 6.07) is 18.9. The largest absolute Gasteiger partial charge is 2.00 e. The van der Waals surface area contributed by atoms with Crippen molar-refractivity contribution in [2.45, 2.75) is 0 Å². The van der Waals surface area contributed by atoms with E-state index in [2.05, 4.69) is 40.5 Å². The van der Waals surface area contributed by atoms with Gasteiger partial charge in [0.2, 0.25) is 48.3 Å². The van der Waals surface area contributed by atoms with Gasteiger partial charge in [0, 0.05) is 68.0 Å². The van der Waals surface area contributed by atoms with Crippen molar-refractivity contribution in [3.63, 3.8) is 0 Å². The van der Waals surface area contributed by atoms with Gasteiger partial charge < -0.3 is 114 Å². The predicted molar refractivity (Wildman–Crippen MR) is 220 cm³/mol. The van der Waals surface area contributed by atoms with Crippen molar-refractivity contribution in [1.82, 2.24) is 39.7 Å². The Bertz CT molecular complexity index is 1570. The van der Waals surface area contributed by atoms with E-state index in [4.69, 9.17) is 93.2 Å². The van der Waals surface area contributed by atoms with E-state index >= 15 is 0 Å². The minimum Gasteiger partial charge on any atom is -0.400 e. The van der Waals surface area contributed by atoms with Crippen LogP contribution < -0.4 is 22.1 Å². The van der Waals surface area contributed by atoms with Crippen molar-refractivity contribution in [2.24, 2.45) is 0 Å². The monoisotopic (exact) mass is 1010 g/mol.